The largest absolute Gasteiger partial charge is 0.508 e. The van der Waals surface area contributed by atoms with Gasteiger partial charge in [-0.25, -0.2) is 4.39 Å². The molecule has 0 saturated carbocycles. The maximum atomic E-state index is 13.0. The van der Waals surface area contributed by atoms with E-state index in [-0.39, 0.29) is 11.6 Å². The molecule has 0 saturated heterocycles. The summed E-state index contributed by atoms with van der Waals surface area (Å²) in [6, 6.07) is 13.5. The number of ether oxygens (including phenoxy) is 1. The van der Waals surface area contributed by atoms with Crippen molar-refractivity contribution in [3.8, 4) is 11.5 Å². The van der Waals surface area contributed by atoms with Crippen LogP contribution in [0.25, 0.3) is 0 Å². The Kier molecular flexibility index (Phi) is 4.18. The van der Waals surface area contributed by atoms with Crippen LogP contribution in [0.5, 0.6) is 11.5 Å². The molecule has 2 rings (SSSR count). The van der Waals surface area contributed by atoms with E-state index in [1.54, 1.807) is 0 Å². The molecule has 0 amide bonds. The van der Waals surface area contributed by atoms with Gasteiger partial charge in [0.05, 0.1) is 6.61 Å². The van der Waals surface area contributed by atoms with E-state index < -0.39 is 0 Å². The Balaban J connectivity index is 1.80. The predicted octanol–water partition coefficient (Wildman–Crippen LogP) is 3.54. The molecule has 2 nitrogen and oxygen atoms in total. The third-order valence-corrected chi connectivity index (χ3v) is 2.64. The van der Waals surface area contributed by atoms with Crippen molar-refractivity contribution < 1.29 is 14.2 Å². The Morgan fingerprint density at radius 2 is 1.83 bits per heavy atom. The van der Waals surface area contributed by atoms with Gasteiger partial charge in [-0.15, -0.1) is 0 Å². The van der Waals surface area contributed by atoms with Crippen molar-refractivity contribution in [2.45, 2.75) is 12.8 Å². The third-order valence-electron chi connectivity index (χ3n) is 2.64. The lowest BCUT2D eigenvalue weighted by atomic mass is 10.1. The molecule has 0 unspecified atom stereocenters. The van der Waals surface area contributed by atoms with Crippen molar-refractivity contribution in [2.75, 3.05) is 6.61 Å². The van der Waals surface area contributed by atoms with Crippen LogP contribution in [-0.4, -0.2) is 11.7 Å². The lowest BCUT2D eigenvalue weighted by molar-refractivity contribution is 0.310. The van der Waals surface area contributed by atoms with Crippen molar-refractivity contribution in [3.63, 3.8) is 0 Å². The van der Waals surface area contributed by atoms with E-state index in [4.69, 9.17) is 4.74 Å². The first-order valence-corrected chi connectivity index (χ1v) is 5.91. The number of para-hydroxylation sites is 1. The van der Waals surface area contributed by atoms with Gasteiger partial charge in [0.2, 0.25) is 0 Å². The average molecular weight is 246 g/mol. The van der Waals surface area contributed by atoms with Gasteiger partial charge >= 0.3 is 0 Å². The highest BCUT2D eigenvalue weighted by Crippen LogP contribution is 2.19. The summed E-state index contributed by atoms with van der Waals surface area (Å²) in [5.74, 6) is 0.629. The van der Waals surface area contributed by atoms with E-state index in [1.165, 1.54) is 18.2 Å². The number of aromatic hydroxyl groups is 1. The van der Waals surface area contributed by atoms with E-state index in [0.717, 1.165) is 12.2 Å². The first kappa shape index (κ1) is 12.4. The molecule has 2 aromatic carbocycles. The minimum absolute atomic E-state index is 0.135. The fourth-order valence-corrected chi connectivity index (χ4v) is 1.72. The number of hydrogen-bond acceptors (Lipinski definition) is 2. The highest BCUT2D eigenvalue weighted by atomic mass is 19.1. The van der Waals surface area contributed by atoms with Crippen LogP contribution in [0, 0.1) is 5.82 Å². The van der Waals surface area contributed by atoms with Crippen molar-refractivity contribution >= 4 is 0 Å². The summed E-state index contributed by atoms with van der Waals surface area (Å²) in [5.41, 5.74) is 0.617. The van der Waals surface area contributed by atoms with E-state index in [9.17, 15) is 9.50 Å². The molecule has 3 heteroatoms. The van der Waals surface area contributed by atoms with Crippen LogP contribution in [0.4, 0.5) is 4.39 Å². The zero-order valence-corrected chi connectivity index (χ0v) is 9.97. The van der Waals surface area contributed by atoms with Crippen LogP contribution < -0.4 is 4.74 Å². The van der Waals surface area contributed by atoms with Crippen LogP contribution in [0.3, 0.4) is 0 Å². The summed E-state index contributed by atoms with van der Waals surface area (Å²) in [7, 11) is 0. The summed E-state index contributed by atoms with van der Waals surface area (Å²) < 4.78 is 18.5. The molecule has 1 N–H and O–H groups in total. The molecule has 0 fully saturated rings. The maximum Gasteiger partial charge on any atom is 0.123 e. The van der Waals surface area contributed by atoms with Crippen LogP contribution in [0.1, 0.15) is 12.0 Å². The second-order valence-corrected chi connectivity index (χ2v) is 4.04. The Morgan fingerprint density at radius 1 is 1.06 bits per heavy atom. The van der Waals surface area contributed by atoms with Gasteiger partial charge in [-0.2, -0.15) is 0 Å². The Bertz CT molecular complexity index is 497. The lowest BCUT2D eigenvalue weighted by Gasteiger charge is -2.07. The van der Waals surface area contributed by atoms with Gasteiger partial charge in [-0.3, -0.25) is 0 Å². The number of benzene rings is 2. The number of halogens is 1. The highest BCUT2D eigenvalue weighted by molar-refractivity contribution is 5.32. The summed E-state index contributed by atoms with van der Waals surface area (Å²) in [5, 5.41) is 9.54. The average Bonchev–Trinajstić information content (AvgIpc) is 2.40. The number of aryl methyl sites for hydroxylation is 1. The molecule has 0 spiro atoms. The van der Waals surface area contributed by atoms with Crippen molar-refractivity contribution in [1.29, 1.82) is 0 Å². The second kappa shape index (κ2) is 6.05. The molecule has 0 aliphatic carbocycles. The SMILES string of the molecule is Oc1ccc(F)cc1CCCOc1ccccc1. The number of phenolic OH excluding ortho intramolecular Hbond substituents is 1. The second-order valence-electron chi connectivity index (χ2n) is 4.04. The Morgan fingerprint density at radius 3 is 2.61 bits per heavy atom. The molecule has 94 valence electrons. The zero-order chi connectivity index (χ0) is 12.8. The number of rotatable bonds is 5. The number of hydrogen-bond donors (Lipinski definition) is 1. The third kappa shape index (κ3) is 3.48. The van der Waals surface area contributed by atoms with Crippen molar-refractivity contribution in [2.24, 2.45) is 0 Å². The molecule has 18 heavy (non-hydrogen) atoms. The molecule has 0 heterocycles. The van der Waals surface area contributed by atoms with Gasteiger partial charge in [0.15, 0.2) is 0 Å². The number of phenols is 1. The smallest absolute Gasteiger partial charge is 0.123 e. The van der Waals surface area contributed by atoms with Crippen LogP contribution >= 0.6 is 0 Å². The normalized spacial score (nSPS) is 10.3. The topological polar surface area (TPSA) is 29.5 Å². The van der Waals surface area contributed by atoms with Crippen LogP contribution in [0.15, 0.2) is 48.5 Å². The van der Waals surface area contributed by atoms with Crippen LogP contribution in [0.2, 0.25) is 0 Å². The monoisotopic (exact) mass is 246 g/mol. The summed E-state index contributed by atoms with van der Waals surface area (Å²) in [6.07, 6.45) is 1.32. The van der Waals surface area contributed by atoms with E-state index in [1.807, 2.05) is 30.3 Å². The maximum absolute atomic E-state index is 13.0. The quantitative estimate of drug-likeness (QED) is 0.817. The standard InChI is InChI=1S/C15H15FO2/c16-13-8-9-15(17)12(11-13)5-4-10-18-14-6-2-1-3-7-14/h1-3,6-9,11,17H,4-5,10H2. The van der Waals surface area contributed by atoms with Gasteiger partial charge < -0.3 is 9.84 Å². The molecule has 0 aliphatic rings. The first-order chi connectivity index (χ1) is 8.75. The Labute approximate surface area is 106 Å². The van der Waals surface area contributed by atoms with Gasteiger partial charge in [-0.05, 0) is 48.7 Å². The van der Waals surface area contributed by atoms with Crippen molar-refractivity contribution in [1.82, 2.24) is 0 Å². The molecule has 0 bridgehead atoms. The summed E-state index contributed by atoms with van der Waals surface area (Å²) in [6.45, 7) is 0.542. The first-order valence-electron chi connectivity index (χ1n) is 5.91. The molecular formula is C15H15FO2. The predicted molar refractivity (Wildman–Crippen MR) is 68.3 cm³/mol. The minimum Gasteiger partial charge on any atom is -0.508 e. The minimum atomic E-state index is -0.327. The summed E-state index contributed by atoms with van der Waals surface area (Å²) >= 11 is 0. The molecule has 0 aliphatic heterocycles. The molecule has 0 atom stereocenters. The molecule has 0 aromatic heterocycles. The van der Waals surface area contributed by atoms with Gasteiger partial charge in [0, 0.05) is 0 Å². The van der Waals surface area contributed by atoms with E-state index in [0.29, 0.717) is 18.6 Å². The fraction of sp³-hybridized carbons (Fsp3) is 0.200. The molecular weight excluding hydrogens is 231 g/mol. The van der Waals surface area contributed by atoms with Gasteiger partial charge in [-0.1, -0.05) is 18.2 Å². The molecule has 0 radical (unpaired) electrons. The van der Waals surface area contributed by atoms with E-state index >= 15 is 0 Å². The molecule has 2 aromatic rings. The lowest BCUT2D eigenvalue weighted by Crippen LogP contribution is -1.99. The van der Waals surface area contributed by atoms with E-state index in [2.05, 4.69) is 0 Å². The Hall–Kier alpha value is -2.03. The van der Waals surface area contributed by atoms with Gasteiger partial charge in [0.25, 0.3) is 0 Å². The van der Waals surface area contributed by atoms with Gasteiger partial charge in [0.1, 0.15) is 17.3 Å². The zero-order valence-electron chi connectivity index (χ0n) is 9.97. The highest BCUT2D eigenvalue weighted by Gasteiger charge is 2.02. The summed E-state index contributed by atoms with van der Waals surface area (Å²) in [4.78, 5) is 0. The fourth-order valence-electron chi connectivity index (χ4n) is 1.72. The van der Waals surface area contributed by atoms with Crippen molar-refractivity contribution in [3.05, 3.63) is 59.9 Å². The van der Waals surface area contributed by atoms with Crippen LogP contribution in [-0.2, 0) is 6.42 Å².